The third kappa shape index (κ3) is 4.96. The van der Waals surface area contributed by atoms with Crippen molar-refractivity contribution < 1.29 is 8.78 Å². The smallest absolute Gasteiger partial charge is 0.252 e. The van der Waals surface area contributed by atoms with E-state index in [0.717, 1.165) is 16.0 Å². The third-order valence-corrected chi connectivity index (χ3v) is 4.07. The van der Waals surface area contributed by atoms with Gasteiger partial charge in [0.1, 0.15) is 10.4 Å². The standard InChI is InChI=1S/C14H15BrF2N4.CH6N2/c1-20-8-13(19-9-20)21(11-5-14(16,17)6-11)7-10-2-3-18-12(15)4-10;1-3-2/h2-4,8-9,11H,5-7H2,1H3;3H,2H2,1H3. The molecule has 3 N–H and O–H groups in total. The number of nitrogens with zero attached hydrogens (tertiary/aromatic N) is 4. The number of imidazole rings is 1. The Morgan fingerprint density at radius 3 is 2.62 bits per heavy atom. The van der Waals surface area contributed by atoms with Crippen LogP contribution >= 0.6 is 15.9 Å². The molecule has 1 aliphatic rings. The summed E-state index contributed by atoms with van der Waals surface area (Å²) >= 11 is 3.33. The number of halogens is 3. The van der Waals surface area contributed by atoms with E-state index in [-0.39, 0.29) is 18.9 Å². The second-order valence-electron chi connectivity index (χ2n) is 5.72. The van der Waals surface area contributed by atoms with Crippen LogP contribution in [0.3, 0.4) is 0 Å². The van der Waals surface area contributed by atoms with E-state index < -0.39 is 5.92 Å². The first-order chi connectivity index (χ1) is 11.3. The summed E-state index contributed by atoms with van der Waals surface area (Å²) in [5, 5.41) is 0. The summed E-state index contributed by atoms with van der Waals surface area (Å²) in [4.78, 5) is 10.3. The highest BCUT2D eigenvalue weighted by molar-refractivity contribution is 9.10. The van der Waals surface area contributed by atoms with E-state index in [1.807, 2.05) is 34.8 Å². The Bertz CT molecular complexity index is 655. The van der Waals surface area contributed by atoms with Crippen LogP contribution in [0.2, 0.25) is 0 Å². The Hall–Kier alpha value is -1.58. The number of nitrogens with one attached hydrogen (secondary N) is 1. The van der Waals surface area contributed by atoms with Crippen LogP contribution < -0.4 is 16.2 Å². The number of hydrogen-bond donors (Lipinski definition) is 2. The van der Waals surface area contributed by atoms with E-state index in [2.05, 4.69) is 37.2 Å². The van der Waals surface area contributed by atoms with Crippen LogP contribution in [-0.2, 0) is 13.6 Å². The first-order valence-corrected chi connectivity index (χ1v) is 8.24. The molecule has 1 aliphatic carbocycles. The number of aryl methyl sites for hydroxylation is 1. The molecule has 9 heteroatoms. The largest absolute Gasteiger partial charge is 0.348 e. The summed E-state index contributed by atoms with van der Waals surface area (Å²) in [6.07, 6.45) is 5.01. The fraction of sp³-hybridized carbons (Fsp3) is 0.467. The monoisotopic (exact) mass is 402 g/mol. The molecule has 0 aliphatic heterocycles. The molecule has 3 rings (SSSR count). The predicted octanol–water partition coefficient (Wildman–Crippen LogP) is 2.46. The maximum absolute atomic E-state index is 13.2. The average Bonchev–Trinajstić information content (AvgIpc) is 2.89. The molecule has 0 radical (unpaired) electrons. The molecular weight excluding hydrogens is 382 g/mol. The Morgan fingerprint density at radius 2 is 2.12 bits per heavy atom. The molecule has 0 atom stereocenters. The zero-order valence-electron chi connectivity index (χ0n) is 13.6. The highest BCUT2D eigenvalue weighted by atomic mass is 79.9. The average molecular weight is 403 g/mol. The molecule has 132 valence electrons. The number of hydrazine groups is 1. The number of alkyl halides is 2. The lowest BCUT2D eigenvalue weighted by atomic mass is 9.86. The summed E-state index contributed by atoms with van der Waals surface area (Å²) < 4.78 is 29.0. The van der Waals surface area contributed by atoms with Gasteiger partial charge in [0.05, 0.1) is 6.33 Å². The van der Waals surface area contributed by atoms with Crippen molar-refractivity contribution in [3.8, 4) is 0 Å². The van der Waals surface area contributed by atoms with Gasteiger partial charge in [-0.15, -0.1) is 0 Å². The van der Waals surface area contributed by atoms with E-state index in [9.17, 15) is 8.78 Å². The van der Waals surface area contributed by atoms with Gasteiger partial charge in [-0.3, -0.25) is 11.3 Å². The maximum atomic E-state index is 13.2. The first kappa shape index (κ1) is 18.8. The number of pyridine rings is 1. The number of nitrogens with two attached hydrogens (primary N) is 1. The van der Waals surface area contributed by atoms with Crippen LogP contribution in [0.15, 0.2) is 35.5 Å². The molecule has 2 heterocycles. The zero-order chi connectivity index (χ0) is 17.7. The molecular formula is C15H21BrF2N6. The SMILES string of the molecule is CNN.Cn1cnc(N(Cc2ccnc(Br)c2)C2CC(F)(F)C2)c1. The molecule has 1 fully saturated rings. The van der Waals surface area contributed by atoms with Gasteiger partial charge in [0.15, 0.2) is 0 Å². The van der Waals surface area contributed by atoms with Crippen molar-refractivity contribution in [2.75, 3.05) is 11.9 Å². The van der Waals surface area contributed by atoms with Gasteiger partial charge in [0.25, 0.3) is 5.92 Å². The van der Waals surface area contributed by atoms with E-state index in [1.165, 1.54) is 0 Å². The molecule has 6 nitrogen and oxygen atoms in total. The van der Waals surface area contributed by atoms with Gasteiger partial charge in [0, 0.05) is 44.9 Å². The van der Waals surface area contributed by atoms with Crippen LogP contribution in [0.25, 0.3) is 0 Å². The van der Waals surface area contributed by atoms with E-state index in [0.29, 0.717) is 6.54 Å². The second kappa shape index (κ2) is 8.00. The lowest BCUT2D eigenvalue weighted by Crippen LogP contribution is -2.50. The predicted molar refractivity (Wildman–Crippen MR) is 92.5 cm³/mol. The Labute approximate surface area is 148 Å². The molecule has 0 spiro atoms. The molecule has 24 heavy (non-hydrogen) atoms. The fourth-order valence-corrected chi connectivity index (χ4v) is 2.94. The molecule has 2 aromatic rings. The summed E-state index contributed by atoms with van der Waals surface area (Å²) in [6.45, 7) is 0.541. The van der Waals surface area contributed by atoms with E-state index in [1.54, 1.807) is 19.6 Å². The molecule has 0 unspecified atom stereocenters. The van der Waals surface area contributed by atoms with Crippen molar-refractivity contribution in [2.45, 2.75) is 31.4 Å². The summed E-state index contributed by atoms with van der Waals surface area (Å²) in [5.41, 5.74) is 3.26. The highest BCUT2D eigenvalue weighted by Crippen LogP contribution is 2.42. The van der Waals surface area contributed by atoms with E-state index >= 15 is 0 Å². The van der Waals surface area contributed by atoms with Gasteiger partial charge in [-0.25, -0.2) is 18.7 Å². The highest BCUT2D eigenvalue weighted by Gasteiger charge is 2.48. The molecule has 2 aromatic heterocycles. The quantitative estimate of drug-likeness (QED) is 0.466. The molecule has 0 bridgehead atoms. The van der Waals surface area contributed by atoms with Crippen LogP contribution in [0.5, 0.6) is 0 Å². The summed E-state index contributed by atoms with van der Waals surface area (Å²) in [5.74, 6) is 2.78. The van der Waals surface area contributed by atoms with Gasteiger partial charge < -0.3 is 9.47 Å². The minimum Gasteiger partial charge on any atom is -0.348 e. The zero-order valence-corrected chi connectivity index (χ0v) is 15.2. The third-order valence-electron chi connectivity index (χ3n) is 3.64. The lowest BCUT2D eigenvalue weighted by Gasteiger charge is -2.42. The maximum Gasteiger partial charge on any atom is 0.252 e. The van der Waals surface area contributed by atoms with Gasteiger partial charge in [0.2, 0.25) is 0 Å². The van der Waals surface area contributed by atoms with E-state index in [4.69, 9.17) is 0 Å². The van der Waals surface area contributed by atoms with Crippen molar-refractivity contribution in [1.29, 1.82) is 0 Å². The number of aromatic nitrogens is 3. The number of rotatable bonds is 4. The van der Waals surface area contributed by atoms with Crippen molar-refractivity contribution in [1.82, 2.24) is 20.0 Å². The summed E-state index contributed by atoms with van der Waals surface area (Å²) in [6, 6.07) is 3.60. The van der Waals surface area contributed by atoms with Gasteiger partial charge in [-0.05, 0) is 40.7 Å². The Kier molecular flexibility index (Phi) is 6.25. The van der Waals surface area contributed by atoms with Crippen LogP contribution in [0, 0.1) is 0 Å². The summed E-state index contributed by atoms with van der Waals surface area (Å²) in [7, 11) is 3.52. The molecule has 1 saturated carbocycles. The van der Waals surface area contributed by atoms with Crippen LogP contribution in [0.1, 0.15) is 18.4 Å². The van der Waals surface area contributed by atoms with Crippen molar-refractivity contribution in [3.05, 3.63) is 41.0 Å². The first-order valence-electron chi connectivity index (χ1n) is 7.45. The fourth-order valence-electron chi connectivity index (χ4n) is 2.53. The Balaban J connectivity index is 0.000000647. The second-order valence-corrected chi connectivity index (χ2v) is 6.53. The molecule has 0 amide bonds. The number of hydrogen-bond acceptors (Lipinski definition) is 5. The van der Waals surface area contributed by atoms with Crippen LogP contribution in [0.4, 0.5) is 14.6 Å². The number of anilines is 1. The van der Waals surface area contributed by atoms with Crippen molar-refractivity contribution in [2.24, 2.45) is 12.9 Å². The molecule has 0 saturated heterocycles. The topological polar surface area (TPSA) is 72.0 Å². The Morgan fingerprint density at radius 1 is 1.46 bits per heavy atom. The normalized spacial score (nSPS) is 16.1. The van der Waals surface area contributed by atoms with Gasteiger partial charge >= 0.3 is 0 Å². The van der Waals surface area contributed by atoms with Crippen molar-refractivity contribution in [3.63, 3.8) is 0 Å². The lowest BCUT2D eigenvalue weighted by molar-refractivity contribution is -0.0862. The van der Waals surface area contributed by atoms with Crippen molar-refractivity contribution >= 4 is 21.7 Å². The van der Waals surface area contributed by atoms with Gasteiger partial charge in [-0.2, -0.15) is 0 Å². The van der Waals surface area contributed by atoms with Gasteiger partial charge in [-0.1, -0.05) is 0 Å². The van der Waals surface area contributed by atoms with Crippen LogP contribution in [-0.4, -0.2) is 33.5 Å². The minimum atomic E-state index is -2.55. The minimum absolute atomic E-state index is 0.115. The molecule has 0 aromatic carbocycles.